The van der Waals surface area contributed by atoms with Crippen LogP contribution in [0.1, 0.15) is 24.1 Å². The third-order valence-corrected chi connectivity index (χ3v) is 3.03. The summed E-state index contributed by atoms with van der Waals surface area (Å²) in [4.78, 5) is 20.0. The van der Waals surface area contributed by atoms with E-state index in [1.807, 2.05) is 0 Å². The molecule has 23 heavy (non-hydrogen) atoms. The summed E-state index contributed by atoms with van der Waals surface area (Å²) in [5.41, 5.74) is 12.2. The molecule has 0 aromatic heterocycles. The minimum absolute atomic E-state index is 0.0903. The van der Waals surface area contributed by atoms with Crippen LogP contribution in [0.3, 0.4) is 0 Å². The van der Waals surface area contributed by atoms with Crippen LogP contribution < -0.4 is 11.5 Å². The van der Waals surface area contributed by atoms with Gasteiger partial charge in [-0.2, -0.15) is 0 Å². The van der Waals surface area contributed by atoms with Crippen LogP contribution in [0.25, 0.3) is 0 Å². The summed E-state index contributed by atoms with van der Waals surface area (Å²) >= 11 is 0. The molecule has 8 nitrogen and oxygen atoms in total. The molecule has 2 aromatic rings. The molecule has 0 fully saturated rings. The Labute approximate surface area is 133 Å². The number of hydrogen-bond donors (Lipinski definition) is 2. The van der Waals surface area contributed by atoms with Gasteiger partial charge in [-0.25, -0.2) is 0 Å². The van der Waals surface area contributed by atoms with Gasteiger partial charge in [0.1, 0.15) is 0 Å². The molecule has 8 heteroatoms. The molecule has 0 amide bonds. The zero-order valence-corrected chi connectivity index (χ0v) is 12.6. The zero-order valence-electron chi connectivity index (χ0n) is 12.6. The number of nitrogens with zero attached hydrogens (tertiary/aromatic N) is 2. The Morgan fingerprint density at radius 3 is 1.83 bits per heavy atom. The molecular weight excluding hydrogens is 300 g/mol. The summed E-state index contributed by atoms with van der Waals surface area (Å²) in [5.74, 6) is 0. The number of nitro benzene ring substituents is 2. The average molecular weight is 318 g/mol. The van der Waals surface area contributed by atoms with E-state index in [9.17, 15) is 20.2 Å². The van der Waals surface area contributed by atoms with Gasteiger partial charge in [0.25, 0.3) is 11.4 Å². The fourth-order valence-electron chi connectivity index (χ4n) is 1.90. The number of benzene rings is 2. The van der Waals surface area contributed by atoms with Crippen molar-refractivity contribution in [3.63, 3.8) is 0 Å². The highest BCUT2D eigenvalue weighted by atomic mass is 16.6. The maximum atomic E-state index is 10.5. The Bertz CT molecular complexity index is 689. The molecule has 0 aliphatic rings. The third-order valence-electron chi connectivity index (χ3n) is 3.03. The predicted octanol–water partition coefficient (Wildman–Crippen LogP) is 2.67. The molecule has 1 atom stereocenters. The van der Waals surface area contributed by atoms with E-state index in [0.717, 1.165) is 0 Å². The monoisotopic (exact) mass is 318 g/mol. The first kappa shape index (κ1) is 18.2. The number of nitro groups is 2. The smallest absolute Gasteiger partial charge is 0.274 e. The summed E-state index contributed by atoms with van der Waals surface area (Å²) in [5, 5.41) is 20.8. The van der Waals surface area contributed by atoms with Crippen molar-refractivity contribution in [3.8, 4) is 0 Å². The van der Waals surface area contributed by atoms with Crippen molar-refractivity contribution in [1.82, 2.24) is 0 Å². The number of para-hydroxylation sites is 2. The number of hydrogen-bond acceptors (Lipinski definition) is 6. The van der Waals surface area contributed by atoms with Crippen LogP contribution >= 0.6 is 0 Å². The Balaban J connectivity index is 0.000000231. The van der Waals surface area contributed by atoms with Crippen LogP contribution in [0.4, 0.5) is 11.4 Å². The zero-order chi connectivity index (χ0) is 17.4. The summed E-state index contributed by atoms with van der Waals surface area (Å²) in [7, 11) is 0. The van der Waals surface area contributed by atoms with Gasteiger partial charge >= 0.3 is 0 Å². The molecule has 0 saturated carbocycles. The molecule has 2 aromatic carbocycles. The molecule has 2 rings (SSSR count). The fourth-order valence-corrected chi connectivity index (χ4v) is 1.90. The van der Waals surface area contributed by atoms with Crippen molar-refractivity contribution in [2.45, 2.75) is 19.5 Å². The van der Waals surface area contributed by atoms with E-state index >= 15 is 0 Å². The molecule has 122 valence electrons. The Hall–Kier alpha value is -2.84. The quantitative estimate of drug-likeness (QED) is 0.656. The Morgan fingerprint density at radius 1 is 0.957 bits per heavy atom. The molecular formula is C15H18N4O4. The van der Waals surface area contributed by atoms with Crippen LogP contribution in [0.5, 0.6) is 0 Å². The van der Waals surface area contributed by atoms with Gasteiger partial charge in [0.05, 0.1) is 9.85 Å². The average Bonchev–Trinajstić information content (AvgIpc) is 2.55. The van der Waals surface area contributed by atoms with Gasteiger partial charge in [0, 0.05) is 35.8 Å². The summed E-state index contributed by atoms with van der Waals surface area (Å²) in [6, 6.07) is 12.6. The lowest BCUT2D eigenvalue weighted by molar-refractivity contribution is -0.385. The first-order valence-corrected chi connectivity index (χ1v) is 6.79. The predicted molar refractivity (Wildman–Crippen MR) is 86.7 cm³/mol. The molecule has 1 unspecified atom stereocenters. The maximum absolute atomic E-state index is 10.5. The lowest BCUT2D eigenvalue weighted by atomic mass is 10.1. The van der Waals surface area contributed by atoms with E-state index in [-0.39, 0.29) is 24.0 Å². The highest BCUT2D eigenvalue weighted by Gasteiger charge is 2.14. The Kier molecular flexibility index (Phi) is 6.78. The molecule has 0 radical (unpaired) electrons. The van der Waals surface area contributed by atoms with Gasteiger partial charge < -0.3 is 11.5 Å². The normalized spacial score (nSPS) is 11.1. The lowest BCUT2D eigenvalue weighted by Gasteiger charge is -2.04. The second-order valence-corrected chi connectivity index (χ2v) is 4.69. The maximum Gasteiger partial charge on any atom is 0.274 e. The minimum Gasteiger partial charge on any atom is -0.326 e. The van der Waals surface area contributed by atoms with Crippen molar-refractivity contribution in [1.29, 1.82) is 0 Å². The molecule has 0 aliphatic heterocycles. The topological polar surface area (TPSA) is 138 Å². The van der Waals surface area contributed by atoms with Crippen LogP contribution in [-0.2, 0) is 6.54 Å². The van der Waals surface area contributed by atoms with E-state index in [4.69, 9.17) is 11.5 Å². The molecule has 0 bridgehead atoms. The van der Waals surface area contributed by atoms with E-state index < -0.39 is 9.85 Å². The first-order chi connectivity index (χ1) is 10.9. The van der Waals surface area contributed by atoms with Gasteiger partial charge in [0.15, 0.2) is 0 Å². The molecule has 0 saturated heterocycles. The van der Waals surface area contributed by atoms with Gasteiger partial charge in [0.2, 0.25) is 0 Å². The third kappa shape index (κ3) is 5.13. The van der Waals surface area contributed by atoms with Gasteiger partial charge in [-0.1, -0.05) is 36.4 Å². The van der Waals surface area contributed by atoms with Crippen molar-refractivity contribution in [3.05, 3.63) is 79.9 Å². The van der Waals surface area contributed by atoms with Crippen molar-refractivity contribution in [2.24, 2.45) is 11.5 Å². The van der Waals surface area contributed by atoms with Crippen molar-refractivity contribution < 1.29 is 9.85 Å². The van der Waals surface area contributed by atoms with E-state index in [2.05, 4.69) is 0 Å². The van der Waals surface area contributed by atoms with Crippen LogP contribution in [0.15, 0.2) is 48.5 Å². The summed E-state index contributed by atoms with van der Waals surface area (Å²) in [6.45, 7) is 1.93. The first-order valence-electron chi connectivity index (χ1n) is 6.79. The second kappa shape index (κ2) is 8.57. The van der Waals surface area contributed by atoms with E-state index in [1.165, 1.54) is 12.1 Å². The lowest BCUT2D eigenvalue weighted by Crippen LogP contribution is -2.07. The Morgan fingerprint density at radius 2 is 1.43 bits per heavy atom. The number of rotatable bonds is 4. The van der Waals surface area contributed by atoms with Crippen molar-refractivity contribution >= 4 is 11.4 Å². The van der Waals surface area contributed by atoms with E-state index in [0.29, 0.717) is 11.1 Å². The van der Waals surface area contributed by atoms with Crippen LogP contribution in [0.2, 0.25) is 0 Å². The van der Waals surface area contributed by atoms with Crippen molar-refractivity contribution in [2.75, 3.05) is 0 Å². The highest BCUT2D eigenvalue weighted by Crippen LogP contribution is 2.22. The highest BCUT2D eigenvalue weighted by molar-refractivity contribution is 5.41. The largest absolute Gasteiger partial charge is 0.326 e. The minimum atomic E-state index is -0.428. The van der Waals surface area contributed by atoms with Gasteiger partial charge in [-0.3, -0.25) is 20.2 Å². The SMILES string of the molecule is CC(N)c1ccccc1[N+](=O)[O-].NCc1ccccc1[N+](=O)[O-]. The molecule has 4 N–H and O–H groups in total. The van der Waals surface area contributed by atoms with Crippen LogP contribution in [-0.4, -0.2) is 9.85 Å². The summed E-state index contributed by atoms with van der Waals surface area (Å²) < 4.78 is 0. The standard InChI is InChI=1S/C8H10N2O2.C7H8N2O2/c1-6(9)7-4-2-3-5-8(7)10(11)12;8-5-6-3-1-2-4-7(6)9(10)11/h2-6H,9H2,1H3;1-4H,5,8H2. The van der Waals surface area contributed by atoms with Gasteiger partial charge in [-0.05, 0) is 6.92 Å². The second-order valence-electron chi connectivity index (χ2n) is 4.69. The molecule has 0 heterocycles. The van der Waals surface area contributed by atoms with Gasteiger partial charge in [-0.15, -0.1) is 0 Å². The molecule has 0 aliphatic carbocycles. The molecule has 0 spiro atoms. The van der Waals surface area contributed by atoms with E-state index in [1.54, 1.807) is 43.3 Å². The number of nitrogens with two attached hydrogens (primary N) is 2. The van der Waals surface area contributed by atoms with Crippen LogP contribution in [0, 0.1) is 20.2 Å². The summed E-state index contributed by atoms with van der Waals surface area (Å²) in [6.07, 6.45) is 0. The fraction of sp³-hybridized carbons (Fsp3) is 0.200.